The Morgan fingerprint density at radius 1 is 1.27 bits per heavy atom. The Morgan fingerprint density at radius 3 is 2.62 bits per heavy atom. The number of aromatic amines is 1. The Kier molecular flexibility index (Phi) is 6.00. The van der Waals surface area contributed by atoms with Gasteiger partial charge in [-0.15, -0.1) is 12.4 Å². The molecule has 0 fully saturated rings. The summed E-state index contributed by atoms with van der Waals surface area (Å²) in [7, 11) is 0. The first-order valence-electron chi connectivity index (χ1n) is 8.25. The summed E-state index contributed by atoms with van der Waals surface area (Å²) in [5.41, 5.74) is 8.01. The number of anilines is 1. The molecule has 4 N–H and O–H groups in total. The van der Waals surface area contributed by atoms with Gasteiger partial charge in [-0.25, -0.2) is 9.37 Å². The van der Waals surface area contributed by atoms with E-state index in [-0.39, 0.29) is 24.1 Å². The number of rotatable bonds is 5. The Hall–Kier alpha value is -2.44. The molecule has 2 aromatic carbocycles. The molecule has 1 unspecified atom stereocenters. The monoisotopic (exact) mass is 376 g/mol. The van der Waals surface area contributed by atoms with Gasteiger partial charge in [-0.05, 0) is 55.8 Å². The fraction of sp³-hybridized carbons (Fsp3) is 0.263. The van der Waals surface area contributed by atoms with Gasteiger partial charge in [0, 0.05) is 11.3 Å². The van der Waals surface area contributed by atoms with Crippen molar-refractivity contribution in [1.29, 1.82) is 0 Å². The first kappa shape index (κ1) is 19.9. The van der Waals surface area contributed by atoms with Crippen molar-refractivity contribution in [2.75, 3.05) is 5.32 Å². The van der Waals surface area contributed by atoms with Crippen LogP contribution < -0.4 is 11.1 Å². The number of aromatic nitrogens is 2. The zero-order valence-corrected chi connectivity index (χ0v) is 15.5. The van der Waals surface area contributed by atoms with Crippen LogP contribution in [0.15, 0.2) is 42.5 Å². The van der Waals surface area contributed by atoms with E-state index in [0.29, 0.717) is 29.0 Å². The molecule has 0 aliphatic heterocycles. The number of hydrogen-bond acceptors (Lipinski definition) is 3. The number of H-pyrrole nitrogens is 1. The predicted octanol–water partition coefficient (Wildman–Crippen LogP) is 4.25. The molecule has 0 bridgehead atoms. The third kappa shape index (κ3) is 4.20. The molecular formula is C19H22ClFN4O. The van der Waals surface area contributed by atoms with E-state index in [1.165, 1.54) is 12.1 Å². The number of carbonyl (C=O) groups excluding carboxylic acids is 1. The van der Waals surface area contributed by atoms with Crippen LogP contribution in [0.2, 0.25) is 0 Å². The molecule has 5 nitrogen and oxygen atoms in total. The highest BCUT2D eigenvalue weighted by molar-refractivity contribution is 5.97. The standard InChI is InChI=1S/C19H21FN4O.ClH/c1-3-10-19(2,21)18(25)22-14-7-4-12(5-8-14)17-23-15-9-6-13(20)11-16(15)24-17;/h4-9,11H,3,10,21H2,1-2H3,(H,22,25)(H,23,24);1H. The van der Waals surface area contributed by atoms with Crippen LogP contribution in [0.5, 0.6) is 0 Å². The van der Waals surface area contributed by atoms with E-state index in [1.807, 2.05) is 19.1 Å². The van der Waals surface area contributed by atoms with Crippen LogP contribution in [-0.4, -0.2) is 21.4 Å². The molecule has 0 spiro atoms. The lowest BCUT2D eigenvalue weighted by molar-refractivity contribution is -0.120. The minimum absolute atomic E-state index is 0. The van der Waals surface area contributed by atoms with Gasteiger partial charge in [-0.1, -0.05) is 13.3 Å². The fourth-order valence-electron chi connectivity index (χ4n) is 2.74. The molecule has 1 heterocycles. The summed E-state index contributed by atoms with van der Waals surface area (Å²) in [6.45, 7) is 3.72. The van der Waals surface area contributed by atoms with Crippen molar-refractivity contribution in [2.24, 2.45) is 5.73 Å². The van der Waals surface area contributed by atoms with Gasteiger partial charge in [0.15, 0.2) is 0 Å². The van der Waals surface area contributed by atoms with Crippen molar-refractivity contribution < 1.29 is 9.18 Å². The maximum atomic E-state index is 13.3. The van der Waals surface area contributed by atoms with Crippen molar-refractivity contribution in [3.63, 3.8) is 0 Å². The summed E-state index contributed by atoms with van der Waals surface area (Å²) >= 11 is 0. The van der Waals surface area contributed by atoms with Gasteiger partial charge >= 0.3 is 0 Å². The number of benzene rings is 2. The van der Waals surface area contributed by atoms with Gasteiger partial charge in [0.25, 0.3) is 0 Å². The molecule has 0 aliphatic carbocycles. The Morgan fingerprint density at radius 2 is 1.96 bits per heavy atom. The highest BCUT2D eigenvalue weighted by atomic mass is 35.5. The highest BCUT2D eigenvalue weighted by Gasteiger charge is 2.27. The molecule has 1 atom stereocenters. The number of fused-ring (bicyclic) bond motifs is 1. The third-order valence-corrected chi connectivity index (χ3v) is 4.15. The minimum Gasteiger partial charge on any atom is -0.338 e. The highest BCUT2D eigenvalue weighted by Crippen LogP contribution is 2.23. The van der Waals surface area contributed by atoms with Gasteiger partial charge in [0.2, 0.25) is 5.91 Å². The van der Waals surface area contributed by atoms with Crippen molar-refractivity contribution >= 4 is 35.0 Å². The Bertz CT molecular complexity index is 906. The summed E-state index contributed by atoms with van der Waals surface area (Å²) in [5.74, 6) is 0.132. The van der Waals surface area contributed by atoms with Crippen LogP contribution >= 0.6 is 12.4 Å². The van der Waals surface area contributed by atoms with Crippen LogP contribution in [0.3, 0.4) is 0 Å². The maximum absolute atomic E-state index is 13.3. The summed E-state index contributed by atoms with van der Waals surface area (Å²) < 4.78 is 13.3. The first-order chi connectivity index (χ1) is 11.9. The number of nitrogens with one attached hydrogen (secondary N) is 2. The van der Waals surface area contributed by atoms with E-state index in [0.717, 1.165) is 12.0 Å². The van der Waals surface area contributed by atoms with Gasteiger partial charge < -0.3 is 16.0 Å². The maximum Gasteiger partial charge on any atom is 0.244 e. The number of nitrogens with two attached hydrogens (primary N) is 1. The number of nitrogens with zero attached hydrogens (tertiary/aromatic N) is 1. The SMILES string of the molecule is CCCC(C)(N)C(=O)Nc1ccc(-c2nc3ccc(F)cc3[nH]2)cc1.Cl. The van der Waals surface area contributed by atoms with Crippen molar-refractivity contribution in [3.8, 4) is 11.4 Å². The minimum atomic E-state index is -0.893. The largest absolute Gasteiger partial charge is 0.338 e. The van der Waals surface area contributed by atoms with Gasteiger partial charge in [-0.3, -0.25) is 4.79 Å². The average Bonchev–Trinajstić information content (AvgIpc) is 2.98. The predicted molar refractivity (Wildman–Crippen MR) is 105 cm³/mol. The second kappa shape index (κ2) is 7.85. The van der Waals surface area contributed by atoms with Crippen molar-refractivity contribution in [3.05, 3.63) is 48.3 Å². The molecule has 26 heavy (non-hydrogen) atoms. The molecule has 138 valence electrons. The molecule has 3 rings (SSSR count). The smallest absolute Gasteiger partial charge is 0.244 e. The molecule has 0 saturated carbocycles. The number of halogens is 2. The van der Waals surface area contributed by atoms with E-state index in [9.17, 15) is 9.18 Å². The van der Waals surface area contributed by atoms with E-state index in [4.69, 9.17) is 5.73 Å². The molecule has 0 aliphatic rings. The number of carbonyl (C=O) groups is 1. The average molecular weight is 377 g/mol. The van der Waals surface area contributed by atoms with E-state index < -0.39 is 5.54 Å². The van der Waals surface area contributed by atoms with Crippen LogP contribution in [0.4, 0.5) is 10.1 Å². The summed E-state index contributed by atoms with van der Waals surface area (Å²) in [6.07, 6.45) is 1.46. The third-order valence-electron chi connectivity index (χ3n) is 4.15. The second-order valence-corrected chi connectivity index (χ2v) is 6.45. The van der Waals surface area contributed by atoms with Gasteiger partial charge in [-0.2, -0.15) is 0 Å². The molecule has 1 amide bonds. The van der Waals surface area contributed by atoms with Crippen molar-refractivity contribution in [2.45, 2.75) is 32.2 Å². The molecule has 3 aromatic rings. The van der Waals surface area contributed by atoms with Crippen LogP contribution in [0.1, 0.15) is 26.7 Å². The normalized spacial score (nSPS) is 13.1. The Balaban J connectivity index is 0.00000243. The topological polar surface area (TPSA) is 83.8 Å². The van der Waals surface area contributed by atoms with E-state index >= 15 is 0 Å². The molecular weight excluding hydrogens is 355 g/mol. The Labute approximate surface area is 157 Å². The first-order valence-corrected chi connectivity index (χ1v) is 8.25. The molecule has 7 heteroatoms. The molecule has 1 aromatic heterocycles. The lowest BCUT2D eigenvalue weighted by atomic mass is 9.96. The lowest BCUT2D eigenvalue weighted by Gasteiger charge is -2.22. The van der Waals surface area contributed by atoms with Crippen molar-refractivity contribution in [1.82, 2.24) is 9.97 Å². The number of amides is 1. The van der Waals surface area contributed by atoms with E-state index in [2.05, 4.69) is 15.3 Å². The molecule has 0 saturated heterocycles. The van der Waals surface area contributed by atoms with Crippen LogP contribution in [-0.2, 0) is 4.79 Å². The van der Waals surface area contributed by atoms with Gasteiger partial charge in [0.05, 0.1) is 16.6 Å². The zero-order chi connectivity index (χ0) is 18.0. The summed E-state index contributed by atoms with van der Waals surface area (Å²) in [6, 6.07) is 11.7. The van der Waals surface area contributed by atoms with Crippen LogP contribution in [0, 0.1) is 5.82 Å². The lowest BCUT2D eigenvalue weighted by Crippen LogP contribution is -2.48. The summed E-state index contributed by atoms with van der Waals surface area (Å²) in [4.78, 5) is 19.8. The zero-order valence-electron chi connectivity index (χ0n) is 14.7. The summed E-state index contributed by atoms with van der Waals surface area (Å²) in [5, 5.41) is 2.84. The van der Waals surface area contributed by atoms with Gasteiger partial charge in [0.1, 0.15) is 11.6 Å². The quantitative estimate of drug-likeness (QED) is 0.622. The number of imidazole rings is 1. The van der Waals surface area contributed by atoms with Crippen LogP contribution in [0.25, 0.3) is 22.4 Å². The van der Waals surface area contributed by atoms with E-state index in [1.54, 1.807) is 25.1 Å². The number of hydrogen-bond donors (Lipinski definition) is 3. The second-order valence-electron chi connectivity index (χ2n) is 6.45. The fourth-order valence-corrected chi connectivity index (χ4v) is 2.74. The molecule has 0 radical (unpaired) electrons.